The summed E-state index contributed by atoms with van der Waals surface area (Å²) in [4.78, 5) is 9.33. The van der Waals surface area contributed by atoms with E-state index in [1.807, 2.05) is 0 Å². The molecule has 8 heteroatoms. The molecule has 0 saturated carbocycles. The molecule has 1 atom stereocenters. The van der Waals surface area contributed by atoms with Crippen molar-refractivity contribution in [2.75, 3.05) is 26.2 Å². The van der Waals surface area contributed by atoms with Gasteiger partial charge >= 0.3 is 6.61 Å². The molecule has 2 saturated heterocycles. The second kappa shape index (κ2) is 8.31. The molecule has 0 spiro atoms. The van der Waals surface area contributed by atoms with Crippen LogP contribution in [0.2, 0.25) is 0 Å². The average Bonchev–Trinajstić information content (AvgIpc) is 3.34. The summed E-state index contributed by atoms with van der Waals surface area (Å²) in [5, 5.41) is 3.97. The monoisotopic (exact) mass is 378 g/mol. The first-order chi connectivity index (χ1) is 13.2. The fourth-order valence-electron chi connectivity index (χ4n) is 4.05. The second-order valence-corrected chi connectivity index (χ2v) is 7.16. The highest BCUT2D eigenvalue weighted by atomic mass is 19.3. The van der Waals surface area contributed by atoms with Gasteiger partial charge in [-0.1, -0.05) is 17.3 Å². The highest BCUT2D eigenvalue weighted by molar-refractivity contribution is 5.63. The number of para-hydroxylation sites is 1. The van der Waals surface area contributed by atoms with Gasteiger partial charge in [0, 0.05) is 12.6 Å². The van der Waals surface area contributed by atoms with Gasteiger partial charge in [-0.05, 0) is 57.5 Å². The normalized spacial score (nSPS) is 21.8. The molecule has 6 nitrogen and oxygen atoms in total. The summed E-state index contributed by atoms with van der Waals surface area (Å²) in [5.74, 6) is 0.820. The number of nitrogens with zero attached hydrogens (tertiary/aromatic N) is 4. The van der Waals surface area contributed by atoms with Crippen molar-refractivity contribution in [3.8, 4) is 17.1 Å². The van der Waals surface area contributed by atoms with E-state index in [1.165, 1.54) is 38.4 Å². The highest BCUT2D eigenvalue weighted by Gasteiger charge is 2.28. The van der Waals surface area contributed by atoms with Crippen LogP contribution < -0.4 is 4.74 Å². The Labute approximate surface area is 157 Å². The standard InChI is InChI=1S/C19H24F2N4O2/c20-19(21)26-16-8-2-1-7-15(16)18-22-17(27-23-18)13-24-9-5-6-14(12-24)25-10-3-4-11-25/h1-2,7-8,14,19H,3-6,9-13H2. The highest BCUT2D eigenvalue weighted by Crippen LogP contribution is 2.29. The van der Waals surface area contributed by atoms with E-state index in [-0.39, 0.29) is 11.6 Å². The molecule has 1 aromatic carbocycles. The molecule has 2 aromatic rings. The van der Waals surface area contributed by atoms with Gasteiger partial charge < -0.3 is 9.26 Å². The van der Waals surface area contributed by atoms with Crippen LogP contribution in [-0.4, -0.2) is 58.8 Å². The molecule has 0 radical (unpaired) electrons. The van der Waals surface area contributed by atoms with Crippen LogP contribution in [0.15, 0.2) is 28.8 Å². The van der Waals surface area contributed by atoms with E-state index in [0.717, 1.165) is 19.5 Å². The average molecular weight is 378 g/mol. The van der Waals surface area contributed by atoms with Gasteiger partial charge in [-0.25, -0.2) is 0 Å². The molecule has 0 N–H and O–H groups in total. The molecule has 2 aliphatic heterocycles. The van der Waals surface area contributed by atoms with Crippen LogP contribution in [0.5, 0.6) is 5.75 Å². The predicted molar refractivity (Wildman–Crippen MR) is 95.5 cm³/mol. The van der Waals surface area contributed by atoms with Crippen LogP contribution in [-0.2, 0) is 6.54 Å². The molecule has 1 unspecified atom stereocenters. The van der Waals surface area contributed by atoms with Crippen LogP contribution in [0.1, 0.15) is 31.6 Å². The number of aromatic nitrogens is 2. The maximum absolute atomic E-state index is 12.6. The van der Waals surface area contributed by atoms with E-state index in [2.05, 4.69) is 24.7 Å². The molecule has 0 amide bonds. The molecule has 146 valence electrons. The number of rotatable bonds is 6. The minimum atomic E-state index is -2.90. The number of likely N-dealkylation sites (tertiary alicyclic amines) is 2. The Morgan fingerprint density at radius 1 is 1.15 bits per heavy atom. The molecule has 27 heavy (non-hydrogen) atoms. The molecular formula is C19H24F2N4O2. The maximum atomic E-state index is 12.6. The first kappa shape index (κ1) is 18.3. The van der Waals surface area contributed by atoms with Gasteiger partial charge in [0.05, 0.1) is 12.1 Å². The van der Waals surface area contributed by atoms with Crippen LogP contribution in [0.4, 0.5) is 8.78 Å². The maximum Gasteiger partial charge on any atom is 0.387 e. The zero-order chi connectivity index (χ0) is 18.6. The lowest BCUT2D eigenvalue weighted by Gasteiger charge is -2.36. The number of ether oxygens (including phenoxy) is 1. The third kappa shape index (κ3) is 4.44. The zero-order valence-corrected chi connectivity index (χ0v) is 15.2. The molecule has 0 aliphatic carbocycles. The van der Waals surface area contributed by atoms with Crippen molar-refractivity contribution in [2.24, 2.45) is 0 Å². The molecule has 2 fully saturated rings. The quantitative estimate of drug-likeness (QED) is 0.768. The molecule has 2 aliphatic rings. The summed E-state index contributed by atoms with van der Waals surface area (Å²) in [5.41, 5.74) is 0.404. The van der Waals surface area contributed by atoms with Crippen molar-refractivity contribution >= 4 is 0 Å². The van der Waals surface area contributed by atoms with Crippen molar-refractivity contribution in [3.63, 3.8) is 0 Å². The summed E-state index contributed by atoms with van der Waals surface area (Å²) < 4.78 is 35.1. The topological polar surface area (TPSA) is 54.6 Å². The lowest BCUT2D eigenvalue weighted by atomic mass is 10.0. The van der Waals surface area contributed by atoms with Crippen molar-refractivity contribution in [1.29, 1.82) is 0 Å². The number of alkyl halides is 2. The van der Waals surface area contributed by atoms with Gasteiger partial charge in [0.25, 0.3) is 0 Å². The van der Waals surface area contributed by atoms with E-state index in [9.17, 15) is 8.78 Å². The fourth-order valence-corrected chi connectivity index (χ4v) is 4.05. The van der Waals surface area contributed by atoms with E-state index >= 15 is 0 Å². The number of benzene rings is 1. The summed E-state index contributed by atoms with van der Waals surface area (Å²) in [6, 6.07) is 7.09. The second-order valence-electron chi connectivity index (χ2n) is 7.16. The van der Waals surface area contributed by atoms with Crippen LogP contribution in [0, 0.1) is 0 Å². The fraction of sp³-hybridized carbons (Fsp3) is 0.579. The van der Waals surface area contributed by atoms with Crippen molar-refractivity contribution < 1.29 is 18.0 Å². The third-order valence-corrected chi connectivity index (χ3v) is 5.31. The van der Waals surface area contributed by atoms with Crippen molar-refractivity contribution in [1.82, 2.24) is 19.9 Å². The van der Waals surface area contributed by atoms with E-state index in [0.29, 0.717) is 24.0 Å². The van der Waals surface area contributed by atoms with Gasteiger partial charge in [0.2, 0.25) is 11.7 Å². The number of piperidine rings is 1. The van der Waals surface area contributed by atoms with Gasteiger partial charge in [-0.15, -0.1) is 0 Å². The summed E-state index contributed by atoms with van der Waals surface area (Å²) in [6.45, 7) is 2.09. The lowest BCUT2D eigenvalue weighted by molar-refractivity contribution is -0.0494. The van der Waals surface area contributed by atoms with Crippen LogP contribution in [0.25, 0.3) is 11.4 Å². The SMILES string of the molecule is FC(F)Oc1ccccc1-c1noc(CN2CCCC(N3CCCC3)C2)n1. The zero-order valence-electron chi connectivity index (χ0n) is 15.2. The van der Waals surface area contributed by atoms with Gasteiger partial charge in [0.15, 0.2) is 0 Å². The minimum absolute atomic E-state index is 0.0481. The van der Waals surface area contributed by atoms with Crippen LogP contribution >= 0.6 is 0 Å². The third-order valence-electron chi connectivity index (χ3n) is 5.31. The van der Waals surface area contributed by atoms with Gasteiger partial charge in [-0.2, -0.15) is 13.8 Å². The molecule has 3 heterocycles. The number of halogens is 2. The van der Waals surface area contributed by atoms with Gasteiger partial charge in [0.1, 0.15) is 5.75 Å². The largest absolute Gasteiger partial charge is 0.434 e. The van der Waals surface area contributed by atoms with Gasteiger partial charge in [-0.3, -0.25) is 9.80 Å². The first-order valence-corrected chi connectivity index (χ1v) is 9.52. The van der Waals surface area contributed by atoms with E-state index < -0.39 is 6.61 Å². The summed E-state index contributed by atoms with van der Waals surface area (Å²) in [7, 11) is 0. The summed E-state index contributed by atoms with van der Waals surface area (Å²) >= 11 is 0. The van der Waals surface area contributed by atoms with Crippen LogP contribution in [0.3, 0.4) is 0 Å². The summed E-state index contributed by atoms with van der Waals surface area (Å²) in [6.07, 6.45) is 4.99. The number of hydrogen-bond acceptors (Lipinski definition) is 6. The molecule has 1 aromatic heterocycles. The Kier molecular flexibility index (Phi) is 5.63. The Morgan fingerprint density at radius 2 is 1.96 bits per heavy atom. The van der Waals surface area contributed by atoms with E-state index in [4.69, 9.17) is 4.52 Å². The minimum Gasteiger partial charge on any atom is -0.434 e. The predicted octanol–water partition coefficient (Wildman–Crippen LogP) is 3.40. The molecular weight excluding hydrogens is 354 g/mol. The van der Waals surface area contributed by atoms with E-state index in [1.54, 1.807) is 18.2 Å². The Hall–Kier alpha value is -2.06. The lowest BCUT2D eigenvalue weighted by Crippen LogP contribution is -2.46. The Morgan fingerprint density at radius 3 is 2.78 bits per heavy atom. The number of hydrogen-bond donors (Lipinski definition) is 0. The molecule has 0 bridgehead atoms. The smallest absolute Gasteiger partial charge is 0.387 e. The first-order valence-electron chi connectivity index (χ1n) is 9.52. The molecule has 4 rings (SSSR count). The van der Waals surface area contributed by atoms with Crippen molar-refractivity contribution in [2.45, 2.75) is 44.9 Å². The Balaban J connectivity index is 1.42. The Bertz CT molecular complexity index is 749. The van der Waals surface area contributed by atoms with Crippen molar-refractivity contribution in [3.05, 3.63) is 30.2 Å².